The molecule has 4 nitrogen and oxygen atoms in total. The molecule has 1 heterocycles. The van der Waals surface area contributed by atoms with Crippen LogP contribution in [0.1, 0.15) is 23.7 Å². The Labute approximate surface area is 156 Å². The molecule has 3 aromatic carbocycles. The molecule has 0 aromatic heterocycles. The van der Waals surface area contributed by atoms with Gasteiger partial charge in [0.2, 0.25) is 5.90 Å². The van der Waals surface area contributed by atoms with Crippen molar-refractivity contribution in [2.45, 2.75) is 19.4 Å². The highest BCUT2D eigenvalue weighted by molar-refractivity contribution is 5.79. The lowest BCUT2D eigenvalue weighted by Crippen LogP contribution is -2.07. The molecular formula is C22H18FNO3. The second-order valence-electron chi connectivity index (χ2n) is 6.28. The van der Waals surface area contributed by atoms with E-state index in [4.69, 9.17) is 14.3 Å². The summed E-state index contributed by atoms with van der Waals surface area (Å²) in [5, 5.41) is 4.00. The van der Waals surface area contributed by atoms with Crippen LogP contribution >= 0.6 is 0 Å². The Morgan fingerprint density at radius 3 is 2.33 bits per heavy atom. The minimum atomic E-state index is -0.261. The van der Waals surface area contributed by atoms with Crippen molar-refractivity contribution in [3.63, 3.8) is 0 Å². The maximum Gasteiger partial charge on any atom is 0.235 e. The summed E-state index contributed by atoms with van der Waals surface area (Å²) >= 11 is 0. The Bertz CT molecular complexity index is 955. The predicted molar refractivity (Wildman–Crippen MR) is 101 cm³/mol. The molecule has 1 aliphatic heterocycles. The molecule has 1 atom stereocenters. The molecule has 1 aliphatic rings. The standard InChI is InChI=1S/C22H18FNO3/c1-15-13-19(11-12-20(15)23)26-22-14-21(27-24-22)16-7-9-18(10-8-16)25-17-5-3-2-4-6-17/h2-13,21H,14H2,1H3/t21-/m1/s1. The average molecular weight is 363 g/mol. The molecule has 136 valence electrons. The fourth-order valence-corrected chi connectivity index (χ4v) is 2.79. The maximum absolute atomic E-state index is 13.3. The van der Waals surface area contributed by atoms with Crippen LogP contribution in [0.2, 0.25) is 0 Å². The lowest BCUT2D eigenvalue weighted by Gasteiger charge is -2.10. The Balaban J connectivity index is 1.37. The van der Waals surface area contributed by atoms with E-state index in [2.05, 4.69) is 5.16 Å². The Kier molecular flexibility index (Phi) is 4.75. The first kappa shape index (κ1) is 17.1. The van der Waals surface area contributed by atoms with Gasteiger partial charge >= 0.3 is 0 Å². The summed E-state index contributed by atoms with van der Waals surface area (Å²) in [7, 11) is 0. The summed E-state index contributed by atoms with van der Waals surface area (Å²) in [6, 6.07) is 21.9. The highest BCUT2D eigenvalue weighted by atomic mass is 19.1. The molecule has 5 heteroatoms. The van der Waals surface area contributed by atoms with Crippen LogP contribution in [0.15, 0.2) is 78.0 Å². The third-order valence-electron chi connectivity index (χ3n) is 4.24. The predicted octanol–water partition coefficient (Wildman–Crippen LogP) is 5.78. The van der Waals surface area contributed by atoms with Gasteiger partial charge in [-0.2, -0.15) is 0 Å². The number of rotatable bonds is 4. The summed E-state index contributed by atoms with van der Waals surface area (Å²) in [6.45, 7) is 1.69. The first-order valence-corrected chi connectivity index (χ1v) is 8.67. The number of para-hydroxylation sites is 1. The molecule has 0 unspecified atom stereocenters. The Morgan fingerprint density at radius 1 is 0.889 bits per heavy atom. The van der Waals surface area contributed by atoms with Crippen molar-refractivity contribution in [1.82, 2.24) is 0 Å². The zero-order valence-corrected chi connectivity index (χ0v) is 14.8. The third kappa shape index (κ3) is 4.08. The van der Waals surface area contributed by atoms with Crippen molar-refractivity contribution in [2.24, 2.45) is 5.16 Å². The smallest absolute Gasteiger partial charge is 0.235 e. The minimum absolute atomic E-state index is 0.215. The van der Waals surface area contributed by atoms with Gasteiger partial charge in [0.15, 0.2) is 6.10 Å². The van der Waals surface area contributed by atoms with Crippen molar-refractivity contribution in [3.05, 3.63) is 89.7 Å². The van der Waals surface area contributed by atoms with E-state index in [1.54, 1.807) is 19.1 Å². The Hall–Kier alpha value is -3.34. The van der Waals surface area contributed by atoms with Gasteiger partial charge in [0, 0.05) is 0 Å². The van der Waals surface area contributed by atoms with Crippen LogP contribution < -0.4 is 9.47 Å². The highest BCUT2D eigenvalue weighted by Crippen LogP contribution is 2.30. The lowest BCUT2D eigenvalue weighted by atomic mass is 10.1. The van der Waals surface area contributed by atoms with Gasteiger partial charge in [0.1, 0.15) is 23.1 Å². The number of aryl methyl sites for hydroxylation is 1. The summed E-state index contributed by atoms with van der Waals surface area (Å²) in [5.74, 6) is 2.29. The van der Waals surface area contributed by atoms with Crippen molar-refractivity contribution in [3.8, 4) is 17.2 Å². The monoisotopic (exact) mass is 363 g/mol. The second-order valence-corrected chi connectivity index (χ2v) is 6.28. The van der Waals surface area contributed by atoms with Gasteiger partial charge in [-0.05, 0) is 60.5 Å². The first-order valence-electron chi connectivity index (χ1n) is 8.67. The molecule has 27 heavy (non-hydrogen) atoms. The van der Waals surface area contributed by atoms with E-state index < -0.39 is 0 Å². The molecule has 3 aromatic rings. The Morgan fingerprint density at radius 2 is 1.59 bits per heavy atom. The third-order valence-corrected chi connectivity index (χ3v) is 4.24. The summed E-state index contributed by atoms with van der Waals surface area (Å²) < 4.78 is 24.8. The van der Waals surface area contributed by atoms with E-state index in [9.17, 15) is 4.39 Å². The molecule has 0 saturated carbocycles. The van der Waals surface area contributed by atoms with Crippen LogP contribution in [0.25, 0.3) is 0 Å². The fourth-order valence-electron chi connectivity index (χ4n) is 2.79. The van der Waals surface area contributed by atoms with E-state index >= 15 is 0 Å². The molecule has 0 amide bonds. The van der Waals surface area contributed by atoms with E-state index in [0.717, 1.165) is 17.1 Å². The zero-order valence-electron chi connectivity index (χ0n) is 14.8. The van der Waals surface area contributed by atoms with Crippen LogP contribution in [0.3, 0.4) is 0 Å². The number of ether oxygens (including phenoxy) is 2. The van der Waals surface area contributed by atoms with Crippen LogP contribution in [-0.4, -0.2) is 5.90 Å². The molecule has 0 aliphatic carbocycles. The minimum Gasteiger partial charge on any atom is -0.457 e. The number of benzene rings is 3. The fraction of sp³-hybridized carbons (Fsp3) is 0.136. The first-order chi connectivity index (χ1) is 13.2. The van der Waals surface area contributed by atoms with Gasteiger partial charge in [-0.25, -0.2) is 4.39 Å². The van der Waals surface area contributed by atoms with Crippen LogP contribution in [0.5, 0.6) is 17.2 Å². The molecular weight excluding hydrogens is 345 g/mol. The maximum atomic E-state index is 13.3. The van der Waals surface area contributed by atoms with Crippen molar-refractivity contribution < 1.29 is 18.7 Å². The van der Waals surface area contributed by atoms with E-state index in [-0.39, 0.29) is 11.9 Å². The van der Waals surface area contributed by atoms with Crippen LogP contribution in [0, 0.1) is 12.7 Å². The number of nitrogens with zero attached hydrogens (tertiary/aromatic N) is 1. The second kappa shape index (κ2) is 7.50. The molecule has 0 radical (unpaired) electrons. The summed E-state index contributed by atoms with van der Waals surface area (Å²) in [6.07, 6.45) is 0.294. The summed E-state index contributed by atoms with van der Waals surface area (Å²) in [5.41, 5.74) is 1.51. The molecule has 4 rings (SSSR count). The SMILES string of the molecule is Cc1cc(OC2=NO[C@@H](c3ccc(Oc4ccccc4)cc3)C2)ccc1F. The van der Waals surface area contributed by atoms with E-state index in [0.29, 0.717) is 23.6 Å². The highest BCUT2D eigenvalue weighted by Gasteiger charge is 2.24. The zero-order chi connectivity index (χ0) is 18.6. The van der Waals surface area contributed by atoms with Gasteiger partial charge in [0.25, 0.3) is 0 Å². The van der Waals surface area contributed by atoms with Gasteiger partial charge in [-0.15, -0.1) is 0 Å². The normalized spacial score (nSPS) is 15.8. The average Bonchev–Trinajstić information content (AvgIpc) is 3.15. The number of hydrogen-bond acceptors (Lipinski definition) is 4. The number of halogens is 1. The quantitative estimate of drug-likeness (QED) is 0.590. The van der Waals surface area contributed by atoms with Gasteiger partial charge in [-0.1, -0.05) is 35.5 Å². The van der Waals surface area contributed by atoms with E-state index in [1.165, 1.54) is 6.07 Å². The van der Waals surface area contributed by atoms with E-state index in [1.807, 2.05) is 54.6 Å². The van der Waals surface area contributed by atoms with Crippen molar-refractivity contribution >= 4 is 5.90 Å². The topological polar surface area (TPSA) is 40.0 Å². The molecule has 0 saturated heterocycles. The van der Waals surface area contributed by atoms with Crippen molar-refractivity contribution in [2.75, 3.05) is 0 Å². The molecule has 0 N–H and O–H groups in total. The van der Waals surface area contributed by atoms with Gasteiger partial charge < -0.3 is 14.3 Å². The van der Waals surface area contributed by atoms with Crippen LogP contribution in [-0.2, 0) is 4.84 Å². The van der Waals surface area contributed by atoms with Gasteiger partial charge in [-0.3, -0.25) is 0 Å². The number of oxime groups is 1. The molecule has 0 spiro atoms. The van der Waals surface area contributed by atoms with Gasteiger partial charge in [0.05, 0.1) is 6.42 Å². The van der Waals surface area contributed by atoms with Crippen molar-refractivity contribution in [1.29, 1.82) is 0 Å². The lowest BCUT2D eigenvalue weighted by molar-refractivity contribution is 0.0855. The van der Waals surface area contributed by atoms with Crippen LogP contribution in [0.4, 0.5) is 4.39 Å². The molecule has 0 bridgehead atoms. The largest absolute Gasteiger partial charge is 0.457 e. The summed E-state index contributed by atoms with van der Waals surface area (Å²) in [4.78, 5) is 5.48. The molecule has 0 fully saturated rings. The number of hydrogen-bond donors (Lipinski definition) is 0.